The van der Waals surface area contributed by atoms with Gasteiger partial charge in [0.05, 0.1) is 12.7 Å². The molecule has 5 nitrogen and oxygen atoms in total. The fourth-order valence-electron chi connectivity index (χ4n) is 7.37. The summed E-state index contributed by atoms with van der Waals surface area (Å²) in [5.74, 6) is 0. The second-order valence-electron chi connectivity index (χ2n) is 13.2. The summed E-state index contributed by atoms with van der Waals surface area (Å²) in [6.45, 7) is 11.7. The number of fused-ring (bicyclic) bond motifs is 2. The van der Waals surface area contributed by atoms with E-state index >= 15 is 0 Å². The molecule has 3 heterocycles. The number of likely N-dealkylation sites (N-methyl/N-ethyl adjacent to an activating group) is 2. The maximum Gasteiger partial charge on any atom is 0.169 e. The molecular formula is C36H43BrN2O3. The first kappa shape index (κ1) is 29.4. The van der Waals surface area contributed by atoms with Crippen LogP contribution in [0.3, 0.4) is 0 Å². The van der Waals surface area contributed by atoms with Crippen molar-refractivity contribution < 1.29 is 14.6 Å². The molecular weight excluding hydrogens is 588 g/mol. The lowest BCUT2D eigenvalue weighted by atomic mass is 9.76. The summed E-state index contributed by atoms with van der Waals surface area (Å²) in [7, 11) is 6.06. The Hall–Kier alpha value is -2.64. The fourth-order valence-corrected chi connectivity index (χ4v) is 8.03. The summed E-state index contributed by atoms with van der Waals surface area (Å²) >= 11 is 3.95. The van der Waals surface area contributed by atoms with Crippen molar-refractivity contribution in [3.05, 3.63) is 104 Å². The molecule has 2 aromatic rings. The van der Waals surface area contributed by atoms with Crippen molar-refractivity contribution in [2.75, 3.05) is 37.6 Å². The van der Waals surface area contributed by atoms with E-state index in [9.17, 15) is 5.11 Å². The molecule has 2 aromatic carbocycles. The van der Waals surface area contributed by atoms with Crippen LogP contribution in [-0.2, 0) is 20.3 Å². The molecule has 3 unspecified atom stereocenters. The summed E-state index contributed by atoms with van der Waals surface area (Å²) in [4.78, 5) is 4.56. The Balaban J connectivity index is 1.29. The quantitative estimate of drug-likeness (QED) is 0.327. The van der Waals surface area contributed by atoms with Crippen LogP contribution in [0.2, 0.25) is 0 Å². The van der Waals surface area contributed by atoms with Gasteiger partial charge in [-0.1, -0.05) is 80.0 Å². The van der Waals surface area contributed by atoms with Gasteiger partial charge in [-0.25, -0.2) is 0 Å². The third kappa shape index (κ3) is 4.37. The van der Waals surface area contributed by atoms with Crippen molar-refractivity contribution in [1.29, 1.82) is 0 Å². The van der Waals surface area contributed by atoms with Crippen molar-refractivity contribution in [2.45, 2.75) is 76.2 Å². The Morgan fingerprint density at radius 2 is 1.74 bits per heavy atom. The number of anilines is 2. The summed E-state index contributed by atoms with van der Waals surface area (Å²) in [6, 6.07) is 13.0. The lowest BCUT2D eigenvalue weighted by Gasteiger charge is -2.43. The smallest absolute Gasteiger partial charge is 0.169 e. The first-order valence-electron chi connectivity index (χ1n) is 14.9. The zero-order valence-electron chi connectivity index (χ0n) is 26.1. The number of rotatable bonds is 6. The number of benzene rings is 2. The Labute approximate surface area is 259 Å². The van der Waals surface area contributed by atoms with Gasteiger partial charge in [0.15, 0.2) is 5.72 Å². The maximum absolute atomic E-state index is 10.2. The number of ether oxygens (including phenoxy) is 2. The highest BCUT2D eigenvalue weighted by Crippen LogP contribution is 2.53. The molecule has 0 saturated carbocycles. The predicted molar refractivity (Wildman–Crippen MR) is 175 cm³/mol. The average Bonchev–Trinajstić information content (AvgIpc) is 3.70. The third-order valence-electron chi connectivity index (χ3n) is 10.2. The van der Waals surface area contributed by atoms with Gasteiger partial charge >= 0.3 is 0 Å². The fraction of sp³-hybridized carbons (Fsp3) is 0.444. The molecule has 222 valence electrons. The van der Waals surface area contributed by atoms with Crippen LogP contribution in [0, 0.1) is 0 Å². The third-order valence-corrected chi connectivity index (χ3v) is 11.2. The Morgan fingerprint density at radius 1 is 1.02 bits per heavy atom. The molecule has 0 aromatic heterocycles. The minimum atomic E-state index is -0.659. The van der Waals surface area contributed by atoms with Gasteiger partial charge in [0, 0.05) is 53.6 Å². The molecule has 6 heteroatoms. The van der Waals surface area contributed by atoms with Crippen LogP contribution in [0.25, 0.3) is 0 Å². The topological polar surface area (TPSA) is 48.5 Å². The van der Waals surface area contributed by atoms with Crippen LogP contribution >= 0.6 is 15.9 Å². The van der Waals surface area contributed by atoms with E-state index < -0.39 is 11.8 Å². The Kier molecular flexibility index (Phi) is 7.17. The summed E-state index contributed by atoms with van der Waals surface area (Å²) in [5, 5.41) is 10.2. The van der Waals surface area contributed by atoms with Crippen molar-refractivity contribution in [3.63, 3.8) is 0 Å². The molecule has 4 aliphatic rings. The summed E-state index contributed by atoms with van der Waals surface area (Å²) in [5.41, 5.74) is 9.95. The monoisotopic (exact) mass is 630 g/mol. The van der Waals surface area contributed by atoms with Crippen molar-refractivity contribution >= 4 is 27.3 Å². The number of nitrogens with zero attached hydrogens (tertiary/aromatic N) is 2. The van der Waals surface area contributed by atoms with Crippen molar-refractivity contribution in [1.82, 2.24) is 0 Å². The van der Waals surface area contributed by atoms with E-state index in [2.05, 4.69) is 122 Å². The second-order valence-corrected chi connectivity index (χ2v) is 14.0. The molecule has 0 radical (unpaired) electrons. The molecule has 3 aliphatic heterocycles. The maximum atomic E-state index is 10.2. The van der Waals surface area contributed by atoms with Crippen LogP contribution in [0.4, 0.5) is 11.4 Å². The van der Waals surface area contributed by atoms with Crippen LogP contribution in [-0.4, -0.2) is 38.6 Å². The van der Waals surface area contributed by atoms with E-state index in [1.54, 1.807) is 7.11 Å². The summed E-state index contributed by atoms with van der Waals surface area (Å²) in [6.07, 6.45) is 10.8. The zero-order chi connectivity index (χ0) is 30.2. The van der Waals surface area contributed by atoms with E-state index in [0.717, 1.165) is 30.7 Å². The van der Waals surface area contributed by atoms with Crippen LogP contribution in [0.1, 0.15) is 81.9 Å². The van der Waals surface area contributed by atoms with Gasteiger partial charge in [-0.2, -0.15) is 0 Å². The second kappa shape index (κ2) is 10.2. The minimum Gasteiger partial charge on any atom is -0.389 e. The highest BCUT2D eigenvalue weighted by molar-refractivity contribution is 9.12. The Bertz CT molecular complexity index is 1560. The van der Waals surface area contributed by atoms with Gasteiger partial charge in [0.1, 0.15) is 6.10 Å². The van der Waals surface area contributed by atoms with E-state index in [-0.39, 0.29) is 16.9 Å². The number of aliphatic hydroxyl groups excluding tert-OH is 1. The minimum absolute atomic E-state index is 0.0876. The Morgan fingerprint density at radius 3 is 2.40 bits per heavy atom. The molecule has 0 spiro atoms. The molecule has 0 amide bonds. The molecule has 6 rings (SSSR count). The average molecular weight is 632 g/mol. The van der Waals surface area contributed by atoms with Crippen LogP contribution in [0.15, 0.2) is 82.0 Å². The van der Waals surface area contributed by atoms with Crippen molar-refractivity contribution in [2.24, 2.45) is 0 Å². The highest BCUT2D eigenvalue weighted by atomic mass is 79.9. The standard InChI is InChI=1S/C36H43BrN2O3/c1-22(40)25-11-15-30-28(19-25)35(4,5)36(41-8,39(30)7)18-17-24-10-9-23(33(24)37)13-16-32-34(2,3)27-20-26(31-21-42-31)12-14-29(27)38(32)6/h11-20,22,31,40H,9-10,21H2,1-8H3/b18-17+,23-13+,32-16-. The predicted octanol–water partition coefficient (Wildman–Crippen LogP) is 8.12. The molecule has 1 fully saturated rings. The largest absolute Gasteiger partial charge is 0.389 e. The normalized spacial score (nSPS) is 28.4. The first-order valence-corrected chi connectivity index (χ1v) is 15.7. The molecule has 1 N–H and O–H groups in total. The number of hydrogen-bond acceptors (Lipinski definition) is 5. The highest BCUT2D eigenvalue weighted by Gasteiger charge is 2.55. The van der Waals surface area contributed by atoms with Gasteiger partial charge in [0.25, 0.3) is 0 Å². The molecule has 42 heavy (non-hydrogen) atoms. The number of halogens is 1. The summed E-state index contributed by atoms with van der Waals surface area (Å²) < 4.78 is 13.1. The van der Waals surface area contributed by atoms with E-state index in [4.69, 9.17) is 9.47 Å². The van der Waals surface area contributed by atoms with E-state index in [1.807, 2.05) is 13.0 Å². The molecule has 3 atom stereocenters. The molecule has 0 bridgehead atoms. The number of aliphatic hydroxyl groups is 1. The van der Waals surface area contributed by atoms with Crippen LogP contribution in [0.5, 0.6) is 0 Å². The number of methoxy groups -OCH3 is 1. The molecule has 1 saturated heterocycles. The lowest BCUT2D eigenvalue weighted by Crippen LogP contribution is -2.54. The van der Waals surface area contributed by atoms with E-state index in [0.29, 0.717) is 0 Å². The van der Waals surface area contributed by atoms with Gasteiger partial charge in [-0.15, -0.1) is 0 Å². The van der Waals surface area contributed by atoms with Gasteiger partial charge in [-0.3, -0.25) is 0 Å². The number of hydrogen-bond donors (Lipinski definition) is 1. The van der Waals surface area contributed by atoms with Gasteiger partial charge < -0.3 is 24.4 Å². The first-order chi connectivity index (χ1) is 19.8. The zero-order valence-corrected chi connectivity index (χ0v) is 27.7. The number of allylic oxidation sites excluding steroid dienone is 7. The van der Waals surface area contributed by atoms with Crippen molar-refractivity contribution in [3.8, 4) is 0 Å². The SMILES string of the molecule is COC1(/C=C/C2=C(Br)C(=C/C=C3\N(C)c4ccc(C5CO5)cc4C3(C)C)/CC2)N(C)c2ccc(C(C)O)cc2C1(C)C. The number of epoxide rings is 1. The van der Waals surface area contributed by atoms with Gasteiger partial charge in [-0.05, 0) is 77.5 Å². The van der Waals surface area contributed by atoms with E-state index in [1.165, 1.54) is 43.7 Å². The van der Waals surface area contributed by atoms with Gasteiger partial charge in [0.2, 0.25) is 0 Å². The van der Waals surface area contributed by atoms with Crippen LogP contribution < -0.4 is 9.80 Å². The molecule has 1 aliphatic carbocycles. The lowest BCUT2D eigenvalue weighted by molar-refractivity contribution is -0.0129.